The van der Waals surface area contributed by atoms with E-state index in [1.54, 1.807) is 0 Å². The molecule has 0 amide bonds. The molecule has 0 fully saturated rings. The number of aliphatic imine (C=N–C) groups is 1. The number of alkyl halides is 3. The first-order valence-electron chi connectivity index (χ1n) is 9.03. The molecule has 0 aliphatic heterocycles. The van der Waals surface area contributed by atoms with Crippen LogP contribution in [-0.4, -0.2) is 35.4 Å². The van der Waals surface area contributed by atoms with Crippen molar-refractivity contribution in [2.24, 2.45) is 12.0 Å². The maximum absolute atomic E-state index is 12.6. The minimum Gasteiger partial charge on any atom is -0.492 e. The van der Waals surface area contributed by atoms with Crippen LogP contribution in [0.2, 0.25) is 0 Å². The fraction of sp³-hybridized carbons (Fsp3) is 0.474. The lowest BCUT2D eigenvalue weighted by Crippen LogP contribution is -2.39. The average Bonchev–Trinajstić information content (AvgIpc) is 2.88. The molecule has 28 heavy (non-hydrogen) atoms. The maximum Gasteiger partial charge on any atom is 0.416 e. The van der Waals surface area contributed by atoms with Crippen molar-refractivity contribution < 1.29 is 17.9 Å². The number of rotatable bonds is 7. The number of hydrogen-bond donors (Lipinski definition) is 2. The summed E-state index contributed by atoms with van der Waals surface area (Å²) in [6.45, 7) is 7.88. The van der Waals surface area contributed by atoms with E-state index in [1.165, 1.54) is 12.1 Å². The quantitative estimate of drug-likeness (QED) is 0.428. The molecule has 0 unspecified atom stereocenters. The van der Waals surface area contributed by atoms with Gasteiger partial charge in [-0.05, 0) is 45.0 Å². The molecule has 9 heteroatoms. The van der Waals surface area contributed by atoms with Gasteiger partial charge in [-0.1, -0.05) is 0 Å². The molecule has 6 nitrogen and oxygen atoms in total. The van der Waals surface area contributed by atoms with Gasteiger partial charge in [-0.15, -0.1) is 0 Å². The Morgan fingerprint density at radius 3 is 2.39 bits per heavy atom. The second kappa shape index (κ2) is 9.48. The standard InChI is InChI=1S/C19H26F3N5O/c1-5-23-18(25-12-17-13(2)26-27(4)14(17)3)24-10-11-28-16-8-6-15(7-9-16)19(20,21)22/h6-9H,5,10-12H2,1-4H3,(H2,23,24,25). The normalized spacial score (nSPS) is 12.2. The van der Waals surface area contributed by atoms with E-state index in [-0.39, 0.29) is 0 Å². The molecule has 2 rings (SSSR count). The topological polar surface area (TPSA) is 63.5 Å². The van der Waals surface area contributed by atoms with E-state index in [1.807, 2.05) is 32.5 Å². The predicted molar refractivity (Wildman–Crippen MR) is 102 cm³/mol. The minimum absolute atomic E-state index is 0.292. The summed E-state index contributed by atoms with van der Waals surface area (Å²) in [5.41, 5.74) is 2.41. The summed E-state index contributed by atoms with van der Waals surface area (Å²) in [5.74, 6) is 1.03. The summed E-state index contributed by atoms with van der Waals surface area (Å²) < 4.78 is 45.0. The molecule has 154 valence electrons. The van der Waals surface area contributed by atoms with Gasteiger partial charge in [0.1, 0.15) is 12.4 Å². The molecule has 1 aromatic heterocycles. The van der Waals surface area contributed by atoms with Gasteiger partial charge in [-0.3, -0.25) is 4.68 Å². The second-order valence-electron chi connectivity index (χ2n) is 6.27. The van der Waals surface area contributed by atoms with Crippen molar-refractivity contribution in [3.63, 3.8) is 0 Å². The first kappa shape index (κ1) is 21.6. The molecule has 0 saturated heterocycles. The number of nitrogens with one attached hydrogen (secondary N) is 2. The van der Waals surface area contributed by atoms with Crippen LogP contribution in [0.15, 0.2) is 29.3 Å². The number of hydrogen-bond acceptors (Lipinski definition) is 3. The van der Waals surface area contributed by atoms with Crippen molar-refractivity contribution in [1.29, 1.82) is 0 Å². The number of nitrogens with zero attached hydrogens (tertiary/aromatic N) is 3. The van der Waals surface area contributed by atoms with Crippen LogP contribution in [0.5, 0.6) is 5.75 Å². The predicted octanol–water partition coefficient (Wildman–Crippen LogP) is 3.19. The Morgan fingerprint density at radius 1 is 1.18 bits per heavy atom. The van der Waals surface area contributed by atoms with E-state index in [0.29, 0.717) is 38.0 Å². The van der Waals surface area contributed by atoms with Gasteiger partial charge in [-0.2, -0.15) is 18.3 Å². The highest BCUT2D eigenvalue weighted by atomic mass is 19.4. The fourth-order valence-electron chi connectivity index (χ4n) is 2.62. The van der Waals surface area contributed by atoms with Gasteiger partial charge < -0.3 is 15.4 Å². The highest BCUT2D eigenvalue weighted by molar-refractivity contribution is 5.79. The molecule has 0 saturated carbocycles. The fourth-order valence-corrected chi connectivity index (χ4v) is 2.62. The number of guanidine groups is 1. The highest BCUT2D eigenvalue weighted by Gasteiger charge is 2.29. The smallest absolute Gasteiger partial charge is 0.416 e. The number of aromatic nitrogens is 2. The van der Waals surface area contributed by atoms with E-state index in [0.717, 1.165) is 29.1 Å². The third-order valence-corrected chi connectivity index (χ3v) is 4.24. The molecular formula is C19H26F3N5O. The Morgan fingerprint density at radius 2 is 1.86 bits per heavy atom. The molecule has 0 spiro atoms. The summed E-state index contributed by atoms with van der Waals surface area (Å²) in [6, 6.07) is 4.64. The van der Waals surface area contributed by atoms with E-state index in [2.05, 4.69) is 20.7 Å². The Balaban J connectivity index is 1.86. The first-order chi connectivity index (χ1) is 13.2. The van der Waals surface area contributed by atoms with Crippen molar-refractivity contribution in [3.05, 3.63) is 46.8 Å². The third-order valence-electron chi connectivity index (χ3n) is 4.24. The summed E-state index contributed by atoms with van der Waals surface area (Å²) in [6.07, 6.45) is -4.34. The van der Waals surface area contributed by atoms with Crippen LogP contribution in [-0.2, 0) is 19.8 Å². The van der Waals surface area contributed by atoms with Crippen molar-refractivity contribution in [1.82, 2.24) is 20.4 Å². The van der Waals surface area contributed by atoms with E-state index < -0.39 is 11.7 Å². The van der Waals surface area contributed by atoms with Crippen molar-refractivity contribution in [3.8, 4) is 5.75 Å². The van der Waals surface area contributed by atoms with Crippen LogP contribution < -0.4 is 15.4 Å². The van der Waals surface area contributed by atoms with E-state index >= 15 is 0 Å². The zero-order valence-corrected chi connectivity index (χ0v) is 16.5. The molecule has 0 aliphatic carbocycles. The number of benzene rings is 1. The van der Waals surface area contributed by atoms with Gasteiger partial charge >= 0.3 is 6.18 Å². The van der Waals surface area contributed by atoms with E-state index in [9.17, 15) is 13.2 Å². The molecule has 0 bridgehead atoms. The lowest BCUT2D eigenvalue weighted by Gasteiger charge is -2.13. The molecule has 0 aliphatic rings. The van der Waals surface area contributed by atoms with Crippen LogP contribution >= 0.6 is 0 Å². The largest absolute Gasteiger partial charge is 0.492 e. The minimum atomic E-state index is -4.34. The molecular weight excluding hydrogens is 371 g/mol. The summed E-state index contributed by atoms with van der Waals surface area (Å²) in [5, 5.41) is 10.7. The van der Waals surface area contributed by atoms with Gasteiger partial charge in [-0.25, -0.2) is 4.99 Å². The van der Waals surface area contributed by atoms with Crippen LogP contribution in [0.3, 0.4) is 0 Å². The molecule has 2 N–H and O–H groups in total. The monoisotopic (exact) mass is 397 g/mol. The first-order valence-corrected chi connectivity index (χ1v) is 9.03. The lowest BCUT2D eigenvalue weighted by atomic mass is 10.2. The van der Waals surface area contributed by atoms with Gasteiger partial charge in [0, 0.05) is 24.8 Å². The Kier molecular flexibility index (Phi) is 7.31. The molecule has 1 heterocycles. The van der Waals surface area contributed by atoms with Gasteiger partial charge in [0.15, 0.2) is 5.96 Å². The van der Waals surface area contributed by atoms with Crippen LogP contribution in [0.4, 0.5) is 13.2 Å². The summed E-state index contributed by atoms with van der Waals surface area (Å²) >= 11 is 0. The van der Waals surface area contributed by atoms with Crippen molar-refractivity contribution in [2.75, 3.05) is 19.7 Å². The van der Waals surface area contributed by atoms with E-state index in [4.69, 9.17) is 4.74 Å². The Bertz CT molecular complexity index is 797. The summed E-state index contributed by atoms with van der Waals surface area (Å²) in [7, 11) is 1.90. The van der Waals surface area contributed by atoms with Gasteiger partial charge in [0.2, 0.25) is 0 Å². The SMILES string of the molecule is CCNC(=NCc1c(C)nn(C)c1C)NCCOc1ccc(C(F)(F)F)cc1. The zero-order chi connectivity index (χ0) is 20.7. The molecule has 1 aromatic carbocycles. The third kappa shape index (κ3) is 5.90. The highest BCUT2D eigenvalue weighted by Crippen LogP contribution is 2.30. The lowest BCUT2D eigenvalue weighted by molar-refractivity contribution is -0.137. The van der Waals surface area contributed by atoms with Crippen LogP contribution in [0.1, 0.15) is 29.4 Å². The Hall–Kier alpha value is -2.71. The van der Waals surface area contributed by atoms with Crippen LogP contribution in [0, 0.1) is 13.8 Å². The summed E-state index contributed by atoms with van der Waals surface area (Å²) in [4.78, 5) is 4.56. The zero-order valence-electron chi connectivity index (χ0n) is 16.5. The van der Waals surface area contributed by atoms with Crippen LogP contribution in [0.25, 0.3) is 0 Å². The van der Waals surface area contributed by atoms with Crippen molar-refractivity contribution >= 4 is 5.96 Å². The van der Waals surface area contributed by atoms with Gasteiger partial charge in [0.05, 0.1) is 24.3 Å². The molecule has 2 aromatic rings. The maximum atomic E-state index is 12.6. The second-order valence-corrected chi connectivity index (χ2v) is 6.27. The average molecular weight is 397 g/mol. The van der Waals surface area contributed by atoms with Crippen molar-refractivity contribution in [2.45, 2.75) is 33.5 Å². The number of aryl methyl sites for hydroxylation is 2. The molecule has 0 atom stereocenters. The Labute approximate surface area is 162 Å². The van der Waals surface area contributed by atoms with Gasteiger partial charge in [0.25, 0.3) is 0 Å². The molecule has 0 radical (unpaired) electrons. The number of halogens is 3. The number of ether oxygens (including phenoxy) is 1.